The van der Waals surface area contributed by atoms with Crippen LogP contribution in [0, 0.1) is 17.8 Å². The Bertz CT molecular complexity index is 245. The van der Waals surface area contributed by atoms with Gasteiger partial charge < -0.3 is 0 Å². The minimum Gasteiger partial charge on any atom is -0.0819 e. The van der Waals surface area contributed by atoms with Gasteiger partial charge in [-0.15, -0.1) is 0 Å². The Morgan fingerprint density at radius 1 is 1.00 bits per heavy atom. The molecule has 0 aromatic rings. The van der Waals surface area contributed by atoms with Crippen molar-refractivity contribution in [2.45, 2.75) is 64.2 Å². The molecular weight excluding hydrogens is 180 g/mol. The van der Waals surface area contributed by atoms with Gasteiger partial charge in [-0.3, -0.25) is 0 Å². The number of hydrogen-bond donors (Lipinski definition) is 0. The zero-order chi connectivity index (χ0) is 10.1. The Morgan fingerprint density at radius 2 is 1.87 bits per heavy atom. The largest absolute Gasteiger partial charge is 0.0819 e. The molecule has 0 aliphatic heterocycles. The molecule has 0 aromatic carbocycles. The van der Waals surface area contributed by atoms with E-state index in [0.29, 0.717) is 0 Å². The second kappa shape index (κ2) is 4.31. The van der Waals surface area contributed by atoms with Gasteiger partial charge >= 0.3 is 0 Å². The van der Waals surface area contributed by atoms with Crippen LogP contribution < -0.4 is 0 Å². The van der Waals surface area contributed by atoms with Crippen LogP contribution in [-0.2, 0) is 0 Å². The van der Waals surface area contributed by atoms with E-state index in [9.17, 15) is 0 Å². The molecule has 0 aromatic heterocycles. The smallest absolute Gasteiger partial charge is 0.0197 e. The average molecular weight is 203 g/mol. The summed E-state index contributed by atoms with van der Waals surface area (Å²) >= 11 is 0. The molecule has 0 heteroatoms. The highest BCUT2D eigenvalue weighted by atomic mass is 14.4. The van der Waals surface area contributed by atoms with Crippen molar-refractivity contribution in [1.29, 1.82) is 0 Å². The van der Waals surface area contributed by atoms with Crippen molar-refractivity contribution in [2.24, 2.45) is 11.8 Å². The molecule has 0 saturated heterocycles. The van der Waals surface area contributed by atoms with E-state index in [1.165, 1.54) is 64.2 Å². The van der Waals surface area contributed by atoms with Gasteiger partial charge in [-0.2, -0.15) is 0 Å². The molecule has 83 valence electrons. The van der Waals surface area contributed by atoms with E-state index in [4.69, 9.17) is 0 Å². The lowest BCUT2D eigenvalue weighted by Crippen LogP contribution is -2.06. The monoisotopic (exact) mass is 203 g/mol. The first-order chi connectivity index (χ1) is 7.42. The second-order valence-electron chi connectivity index (χ2n) is 5.82. The van der Waals surface area contributed by atoms with Crippen molar-refractivity contribution in [1.82, 2.24) is 0 Å². The van der Waals surface area contributed by atoms with Crippen molar-refractivity contribution in [3.63, 3.8) is 0 Å². The van der Waals surface area contributed by atoms with Gasteiger partial charge in [-0.05, 0) is 62.7 Å². The molecule has 2 bridgehead atoms. The summed E-state index contributed by atoms with van der Waals surface area (Å²) in [6, 6.07) is 0. The number of rotatable bonds is 3. The SMILES string of the molecule is C1=C(CC[C]2CCCCC2)C2CCC1C2. The van der Waals surface area contributed by atoms with Gasteiger partial charge in [-0.25, -0.2) is 0 Å². The zero-order valence-corrected chi connectivity index (χ0v) is 9.80. The molecule has 0 spiro atoms. The van der Waals surface area contributed by atoms with Crippen LogP contribution in [0.2, 0.25) is 0 Å². The molecule has 3 aliphatic carbocycles. The normalized spacial score (nSPS) is 35.9. The highest BCUT2D eigenvalue weighted by Crippen LogP contribution is 2.46. The van der Waals surface area contributed by atoms with Crippen LogP contribution in [0.15, 0.2) is 11.6 Å². The number of allylic oxidation sites excluding steroid dienone is 2. The molecule has 15 heavy (non-hydrogen) atoms. The molecular formula is C15H23. The lowest BCUT2D eigenvalue weighted by Gasteiger charge is -2.22. The van der Waals surface area contributed by atoms with Gasteiger partial charge in [0.2, 0.25) is 0 Å². The quantitative estimate of drug-likeness (QED) is 0.585. The van der Waals surface area contributed by atoms with Gasteiger partial charge in [0.05, 0.1) is 0 Å². The number of fused-ring (bicyclic) bond motifs is 2. The fraction of sp³-hybridized carbons (Fsp3) is 0.800. The van der Waals surface area contributed by atoms with E-state index in [-0.39, 0.29) is 0 Å². The fourth-order valence-electron chi connectivity index (χ4n) is 3.85. The molecule has 2 unspecified atom stereocenters. The predicted molar refractivity (Wildman–Crippen MR) is 64.5 cm³/mol. The summed E-state index contributed by atoms with van der Waals surface area (Å²) in [5.74, 6) is 3.88. The third-order valence-corrected chi connectivity index (χ3v) is 4.78. The maximum atomic E-state index is 2.62. The van der Waals surface area contributed by atoms with E-state index in [0.717, 1.165) is 11.8 Å². The summed E-state index contributed by atoms with van der Waals surface area (Å²) in [6.45, 7) is 0. The van der Waals surface area contributed by atoms with E-state index < -0.39 is 0 Å². The third kappa shape index (κ3) is 2.14. The van der Waals surface area contributed by atoms with Crippen LogP contribution in [0.5, 0.6) is 0 Å². The summed E-state index contributed by atoms with van der Waals surface area (Å²) in [6.07, 6.45) is 17.3. The molecule has 1 radical (unpaired) electrons. The maximum Gasteiger partial charge on any atom is -0.0197 e. The van der Waals surface area contributed by atoms with Crippen LogP contribution in [0.3, 0.4) is 0 Å². The molecule has 2 atom stereocenters. The van der Waals surface area contributed by atoms with Crippen molar-refractivity contribution >= 4 is 0 Å². The van der Waals surface area contributed by atoms with Gasteiger partial charge in [0.15, 0.2) is 0 Å². The molecule has 3 rings (SSSR count). The van der Waals surface area contributed by atoms with Crippen molar-refractivity contribution in [3.05, 3.63) is 17.6 Å². The Hall–Kier alpha value is -0.260. The van der Waals surface area contributed by atoms with Crippen LogP contribution in [0.4, 0.5) is 0 Å². The minimum absolute atomic E-state index is 0.987. The first kappa shape index (κ1) is 9.93. The van der Waals surface area contributed by atoms with Gasteiger partial charge in [0.1, 0.15) is 0 Å². The molecule has 2 fully saturated rings. The molecule has 0 nitrogen and oxygen atoms in total. The molecule has 0 heterocycles. The highest BCUT2D eigenvalue weighted by molar-refractivity contribution is 5.20. The standard InChI is InChI=1S/C15H23/c1-2-4-12(5-3-1)6-8-14-10-13-7-9-15(14)11-13/h10,13,15H,1-9,11H2. The predicted octanol–water partition coefficient (Wildman–Crippen LogP) is 4.66. The summed E-state index contributed by atoms with van der Waals surface area (Å²) < 4.78 is 0. The highest BCUT2D eigenvalue weighted by Gasteiger charge is 2.32. The van der Waals surface area contributed by atoms with E-state index in [1.54, 1.807) is 0 Å². The van der Waals surface area contributed by atoms with Crippen LogP contribution in [-0.4, -0.2) is 0 Å². The number of hydrogen-bond acceptors (Lipinski definition) is 0. The lowest BCUT2D eigenvalue weighted by molar-refractivity contribution is 0.497. The Labute approximate surface area is 94.1 Å². The van der Waals surface area contributed by atoms with E-state index >= 15 is 0 Å². The third-order valence-electron chi connectivity index (χ3n) is 4.78. The maximum absolute atomic E-state index is 2.62. The summed E-state index contributed by atoms with van der Waals surface area (Å²) in [7, 11) is 0. The molecule has 3 aliphatic rings. The first-order valence-electron chi connectivity index (χ1n) is 6.96. The van der Waals surface area contributed by atoms with Crippen molar-refractivity contribution in [3.8, 4) is 0 Å². The lowest BCUT2D eigenvalue weighted by atomic mass is 9.83. The van der Waals surface area contributed by atoms with E-state index in [1.807, 2.05) is 11.5 Å². The van der Waals surface area contributed by atoms with Gasteiger partial charge in [0.25, 0.3) is 0 Å². The van der Waals surface area contributed by atoms with Crippen LogP contribution in [0.25, 0.3) is 0 Å². The summed E-state index contributed by atoms with van der Waals surface area (Å²) in [5, 5.41) is 0. The summed E-state index contributed by atoms with van der Waals surface area (Å²) in [4.78, 5) is 0. The molecule has 2 saturated carbocycles. The fourth-order valence-corrected chi connectivity index (χ4v) is 3.85. The molecule has 0 amide bonds. The second-order valence-corrected chi connectivity index (χ2v) is 5.82. The Balaban J connectivity index is 1.47. The van der Waals surface area contributed by atoms with Crippen LogP contribution in [0.1, 0.15) is 64.2 Å². The van der Waals surface area contributed by atoms with E-state index in [2.05, 4.69) is 6.08 Å². The summed E-state index contributed by atoms with van der Waals surface area (Å²) in [5.41, 5.74) is 1.84. The average Bonchev–Trinajstić information content (AvgIpc) is 2.89. The van der Waals surface area contributed by atoms with Gasteiger partial charge in [0, 0.05) is 0 Å². The molecule has 0 N–H and O–H groups in total. The van der Waals surface area contributed by atoms with Crippen LogP contribution >= 0.6 is 0 Å². The van der Waals surface area contributed by atoms with Crippen molar-refractivity contribution in [2.75, 3.05) is 0 Å². The Kier molecular flexibility index (Phi) is 2.86. The zero-order valence-electron chi connectivity index (χ0n) is 9.80. The first-order valence-corrected chi connectivity index (χ1v) is 6.96. The van der Waals surface area contributed by atoms with Crippen molar-refractivity contribution < 1.29 is 0 Å². The Morgan fingerprint density at radius 3 is 2.53 bits per heavy atom. The minimum atomic E-state index is 0.987. The topological polar surface area (TPSA) is 0 Å². The van der Waals surface area contributed by atoms with Gasteiger partial charge in [-0.1, -0.05) is 30.9 Å².